The Bertz CT molecular complexity index is 2370. The summed E-state index contributed by atoms with van der Waals surface area (Å²) in [5, 5.41) is 0. The van der Waals surface area contributed by atoms with E-state index < -0.39 is 218 Å². The van der Waals surface area contributed by atoms with Crippen LogP contribution in [-0.4, -0.2) is 246 Å². The second-order valence-electron chi connectivity index (χ2n) is 12.7. The van der Waals surface area contributed by atoms with E-state index >= 15 is 0 Å². The van der Waals surface area contributed by atoms with Gasteiger partial charge in [0, 0.05) is 0 Å². The van der Waals surface area contributed by atoms with Crippen LogP contribution in [0.25, 0.3) is 0 Å². The predicted molar refractivity (Wildman–Crippen MR) is 263 cm³/mol. The molecule has 0 N–H and O–H groups in total. The molecule has 0 atom stereocenters. The number of rotatable bonds is 26. The highest BCUT2D eigenvalue weighted by Crippen LogP contribution is 2.45. The van der Waals surface area contributed by atoms with Gasteiger partial charge in [0.1, 0.15) is 0 Å². The molecule has 0 aliphatic carbocycles. The summed E-state index contributed by atoms with van der Waals surface area (Å²) in [6.07, 6.45) is -61.5. The summed E-state index contributed by atoms with van der Waals surface area (Å²) in [6, 6.07) is 0. The third kappa shape index (κ3) is 180. The topological polar surface area (TPSA) is 279 Å². The lowest BCUT2D eigenvalue weighted by molar-refractivity contribution is -0.513. The van der Waals surface area contributed by atoms with Crippen molar-refractivity contribution in [2.45, 2.75) is 93.9 Å². The van der Waals surface area contributed by atoms with Gasteiger partial charge in [-0.05, 0) is 20.8 Å². The van der Waals surface area contributed by atoms with Crippen molar-refractivity contribution >= 4 is 63.7 Å². The van der Waals surface area contributed by atoms with Crippen LogP contribution >= 0.6 is 0 Å². The fourth-order valence-electron chi connectivity index (χ4n) is 1.64. The molecule has 0 heterocycles. The third-order valence-corrected chi connectivity index (χ3v) is 4.17. The number of halogens is 54. The zero-order valence-corrected chi connectivity index (χ0v) is 58.5. The van der Waals surface area contributed by atoms with E-state index in [0.717, 1.165) is 0 Å². The van der Waals surface area contributed by atoms with Crippen LogP contribution in [-0.2, 0) is 102 Å². The van der Waals surface area contributed by atoms with Crippen molar-refractivity contribution in [3.8, 4) is 0 Å². The molecule has 0 aromatic rings. The molecule has 0 aromatic carbocycles. The van der Waals surface area contributed by atoms with Crippen LogP contribution in [0, 0.1) is 0 Å². The van der Waals surface area contributed by atoms with E-state index in [0.29, 0.717) is 21.5 Å². The van der Waals surface area contributed by atoms with E-state index in [1.54, 1.807) is 0 Å². The Balaban J connectivity index is -0.0000000554. The molecular formula is C33H48F54O20S6. The van der Waals surface area contributed by atoms with Crippen molar-refractivity contribution in [3.05, 3.63) is 0 Å². The average Bonchev–Trinajstić information content (AvgIpc) is 0.802. The first kappa shape index (κ1) is 153. The molecular weight excluding hydrogens is 1930 g/mol. The van der Waals surface area contributed by atoms with Crippen molar-refractivity contribution in [2.24, 2.45) is 0 Å². The van der Waals surface area contributed by atoms with Crippen molar-refractivity contribution in [3.63, 3.8) is 0 Å². The van der Waals surface area contributed by atoms with Crippen LogP contribution in [0.3, 0.4) is 0 Å². The number of ether oxygens (including phenoxy) is 8. The van der Waals surface area contributed by atoms with Gasteiger partial charge in [0.2, 0.25) is 0 Å². The van der Waals surface area contributed by atoms with Crippen molar-refractivity contribution < 1.29 is 319 Å². The molecule has 0 unspecified atom stereocenters. The summed E-state index contributed by atoms with van der Waals surface area (Å²) in [4.78, 5) is 0. The first-order valence-electron chi connectivity index (χ1n) is 22.6. The summed E-state index contributed by atoms with van der Waals surface area (Å²) >= 11 is 0. The van der Waals surface area contributed by atoms with E-state index in [-0.39, 0.29) is 20.0 Å². The van der Waals surface area contributed by atoms with Gasteiger partial charge < -0.3 is 9.47 Å². The number of hydrogen-bond acceptors (Lipinski definition) is 20. The van der Waals surface area contributed by atoms with Crippen molar-refractivity contribution in [1.82, 2.24) is 0 Å². The Kier molecular flexibility index (Phi) is 103. The number of alkyl halides is 42. The maximum atomic E-state index is 12.4. The summed E-state index contributed by atoms with van der Waals surface area (Å²) in [6.45, 7) is -21.5. The quantitative estimate of drug-likeness (QED) is 0.0574. The molecule has 0 saturated carbocycles. The molecule has 0 aliphatic heterocycles. The third-order valence-electron chi connectivity index (χ3n) is 4.17. The maximum absolute atomic E-state index is 12.4. The van der Waals surface area contributed by atoms with E-state index in [4.69, 9.17) is 50.5 Å². The second kappa shape index (κ2) is 76.3. The molecule has 0 aliphatic rings. The Morgan fingerprint density at radius 2 is 0.310 bits per heavy atom. The van der Waals surface area contributed by atoms with Crippen molar-refractivity contribution in [2.75, 3.05) is 123 Å². The lowest BCUT2D eigenvalue weighted by Crippen LogP contribution is -2.52. The molecule has 0 radical (unpaired) electrons. The Morgan fingerprint density at radius 3 is 0.372 bits per heavy atom. The largest absolute Gasteiger partial charge is 0.476 e. The lowest BCUT2D eigenvalue weighted by atomic mass is 10.3. The Morgan fingerprint density at radius 1 is 0.204 bits per heavy atom. The van der Waals surface area contributed by atoms with Gasteiger partial charge in [-0.2, -0.15) is 156 Å². The Hall–Kier alpha value is -4.40. The molecule has 20 nitrogen and oxygen atoms in total. The van der Waals surface area contributed by atoms with Crippen LogP contribution in [0.2, 0.25) is 0 Å². The van der Waals surface area contributed by atoms with E-state index in [9.17, 15) is 231 Å². The molecule has 80 heteroatoms. The molecule has 0 rings (SSSR count). The van der Waals surface area contributed by atoms with Crippen LogP contribution in [0.5, 0.6) is 0 Å². The summed E-state index contributed by atoms with van der Waals surface area (Å²) in [7, 11) is -32.5. The highest BCUT2D eigenvalue weighted by atomic mass is 32.3. The maximum Gasteiger partial charge on any atom is 0.476 e. The molecule has 0 fully saturated rings. The van der Waals surface area contributed by atoms with Gasteiger partial charge in [0.15, 0.2) is 81.0 Å². The van der Waals surface area contributed by atoms with Gasteiger partial charge in [-0.1, -0.05) is 46.6 Å². The van der Waals surface area contributed by atoms with Crippen LogP contribution in [0.1, 0.15) is 20.8 Å². The van der Waals surface area contributed by atoms with Gasteiger partial charge in [0.05, 0.1) is 41.6 Å². The minimum atomic E-state index is -6.30. The summed E-state index contributed by atoms with van der Waals surface area (Å²) in [5.41, 5.74) is 0. The minimum Gasteiger partial charge on any atom is -0.319 e. The molecule has 0 amide bonds. The van der Waals surface area contributed by atoms with E-state index in [2.05, 4.69) is 37.9 Å². The second-order valence-corrected chi connectivity index (χ2v) is 17.3. The van der Waals surface area contributed by atoms with Gasteiger partial charge >= 0.3 is 137 Å². The monoisotopic (exact) mass is 1980 g/mol. The molecule has 0 saturated heterocycles. The SMILES string of the molecule is CCF.CCF.CCF.CF.CF.CF.FCC(F)(F)OC(F)(F)C(F)(F)CF.FCC(F)(F)OC(F)(F)C(F)(F)OC(F)(F)CF.FCC(F)(F)OC(F)(F)C(F)(F)OC(F)(F)CF.FCOC(F)(F)CF.FCOCF.FCOCF.O=S(=O)(F)F.O=S(=O)(F)F.O=S(=O)(F)F.O=S(=O)(F)F.O=S(=O)(F)F.O=S(=O)(F)F. The van der Waals surface area contributed by atoms with E-state index in [1.807, 2.05) is 0 Å². The van der Waals surface area contributed by atoms with Crippen LogP contribution < -0.4 is 0 Å². The highest BCUT2D eigenvalue weighted by Gasteiger charge is 2.69. The minimum absolute atomic E-state index is 0.250. The average molecular weight is 1980 g/mol. The van der Waals surface area contributed by atoms with Gasteiger partial charge in [-0.25, -0.2) is 76.4 Å². The Labute approximate surface area is 599 Å². The van der Waals surface area contributed by atoms with Crippen molar-refractivity contribution in [1.29, 1.82) is 0 Å². The zero-order valence-electron chi connectivity index (χ0n) is 53.6. The predicted octanol–water partition coefficient (Wildman–Crippen LogP) is 18.3. The van der Waals surface area contributed by atoms with Crippen LogP contribution in [0.4, 0.5) is 231 Å². The fourth-order valence-corrected chi connectivity index (χ4v) is 1.64. The molecule has 0 spiro atoms. The molecule has 113 heavy (non-hydrogen) atoms. The highest BCUT2D eigenvalue weighted by molar-refractivity contribution is 7.82. The molecule has 714 valence electrons. The summed E-state index contributed by atoms with van der Waals surface area (Å²) in [5.74, 6) is -5.42. The van der Waals surface area contributed by atoms with Gasteiger partial charge in [-0.15, -0.1) is 0 Å². The first-order chi connectivity index (χ1) is 49.3. The smallest absolute Gasteiger partial charge is 0.319 e. The summed E-state index contributed by atoms with van der Waals surface area (Å²) < 4.78 is 720. The van der Waals surface area contributed by atoms with Gasteiger partial charge in [-0.3, -0.25) is 31.1 Å². The van der Waals surface area contributed by atoms with Crippen LogP contribution in [0.15, 0.2) is 0 Å². The normalized spacial score (nSPS) is 11.9. The first-order valence-corrected chi connectivity index (χ1v) is 30.3. The zero-order chi connectivity index (χ0) is 97.3. The van der Waals surface area contributed by atoms with Gasteiger partial charge in [0.25, 0.3) is 0 Å². The lowest BCUT2D eigenvalue weighted by Gasteiger charge is -2.29. The fraction of sp³-hybridized carbons (Fsp3) is 1.00. The van der Waals surface area contributed by atoms with E-state index in [1.165, 1.54) is 20.8 Å². The standard InChI is InChI=1S/2C6H4F10O2.C5H4F8O.C3H4F4O.2C2H4F2O.3C2H5F.3CH3F.6F2O2S/c2*7-1-3(9,10)17-5(13,14)6(15,16)18-4(11,12)2-8;6-1-3(8,9)5(12,13)14-4(10,11)2-7;4-1-3(6,7)8-2-5;2*3-1-5-2-4;3*1-2-3;3*1-2;6*1-5(2,3)4/h2*1-2H2;1-2H2;1-2H2;2*1-2H2;3*2H2,1H3;3*1H3;;;;;;. The number of hydrogen-bond donors (Lipinski definition) is 0. The molecule has 0 aromatic heterocycles. The molecule has 0 bridgehead atoms.